The van der Waals surface area contributed by atoms with E-state index in [2.05, 4.69) is 15.5 Å². The van der Waals surface area contributed by atoms with Gasteiger partial charge in [-0.1, -0.05) is 37.5 Å². The fourth-order valence-electron chi connectivity index (χ4n) is 2.57. The summed E-state index contributed by atoms with van der Waals surface area (Å²) in [6, 6.07) is 3.06. The number of anilines is 1. The van der Waals surface area contributed by atoms with E-state index in [-0.39, 0.29) is 30.0 Å². The Kier molecular flexibility index (Phi) is 7.69. The Morgan fingerprint density at radius 2 is 1.90 bits per heavy atom. The Labute approximate surface area is 182 Å². The van der Waals surface area contributed by atoms with Gasteiger partial charge in [-0.05, 0) is 24.6 Å². The zero-order valence-electron chi connectivity index (χ0n) is 17.6. The van der Waals surface area contributed by atoms with Crippen LogP contribution in [-0.4, -0.2) is 40.4 Å². The van der Waals surface area contributed by atoms with Crippen molar-refractivity contribution in [1.29, 1.82) is 0 Å². The molecule has 2 aromatic rings. The average Bonchev–Trinajstić information content (AvgIpc) is 3.11. The summed E-state index contributed by atoms with van der Waals surface area (Å²) in [6.07, 6.45) is -3.63. The van der Waals surface area contributed by atoms with Crippen LogP contribution in [0.25, 0.3) is 0 Å². The van der Waals surface area contributed by atoms with Gasteiger partial charge in [0, 0.05) is 31.0 Å². The van der Waals surface area contributed by atoms with Crippen molar-refractivity contribution in [3.05, 3.63) is 40.5 Å². The van der Waals surface area contributed by atoms with Crippen LogP contribution in [0.2, 0.25) is 5.02 Å². The van der Waals surface area contributed by atoms with Gasteiger partial charge < -0.3 is 14.7 Å². The monoisotopic (exact) mass is 460 g/mol. The summed E-state index contributed by atoms with van der Waals surface area (Å²) >= 11 is 5.56. The molecule has 0 aliphatic rings. The highest BCUT2D eigenvalue weighted by molar-refractivity contribution is 6.31. The van der Waals surface area contributed by atoms with Crippen molar-refractivity contribution in [2.45, 2.75) is 51.6 Å². The molecule has 11 heteroatoms. The van der Waals surface area contributed by atoms with Crippen molar-refractivity contribution in [1.82, 2.24) is 15.0 Å². The number of nitrogens with one attached hydrogen (secondary N) is 1. The molecule has 0 bridgehead atoms. The van der Waals surface area contributed by atoms with Crippen LogP contribution in [0.15, 0.2) is 22.7 Å². The standard InChI is InChI=1S/C20H24ClF3N4O3/c1-19(2,3)18-26-16(31-27-18)6-5-7-17(30)28(4)11-15(29)25-12-8-9-14(21)13(10-12)20(22,23)24/h8-10H,5-7,11H2,1-4H3,(H,25,29). The molecule has 0 unspecified atom stereocenters. The second-order valence-corrected chi connectivity index (χ2v) is 8.51. The lowest BCUT2D eigenvalue weighted by atomic mass is 9.96. The third-order valence-electron chi connectivity index (χ3n) is 4.28. The molecule has 0 radical (unpaired) electrons. The van der Waals surface area contributed by atoms with Crippen LogP contribution >= 0.6 is 11.6 Å². The number of amides is 2. The zero-order chi connectivity index (χ0) is 23.4. The molecular formula is C20H24ClF3N4O3. The molecule has 0 saturated heterocycles. The topological polar surface area (TPSA) is 88.3 Å². The lowest BCUT2D eigenvalue weighted by Gasteiger charge is -2.17. The lowest BCUT2D eigenvalue weighted by Crippen LogP contribution is -2.34. The molecule has 2 rings (SSSR count). The van der Waals surface area contributed by atoms with Crippen molar-refractivity contribution in [2.75, 3.05) is 18.9 Å². The number of carbonyl (C=O) groups is 2. The number of likely N-dealkylation sites (N-methyl/N-ethyl adjacent to an activating group) is 1. The lowest BCUT2D eigenvalue weighted by molar-refractivity contribution is -0.137. The molecule has 1 aromatic carbocycles. The average molecular weight is 461 g/mol. The first-order valence-electron chi connectivity index (χ1n) is 9.51. The largest absolute Gasteiger partial charge is 0.417 e. The van der Waals surface area contributed by atoms with Crippen LogP contribution in [0.5, 0.6) is 0 Å². The summed E-state index contributed by atoms with van der Waals surface area (Å²) in [5.41, 5.74) is -1.35. The summed E-state index contributed by atoms with van der Waals surface area (Å²) in [5.74, 6) is 0.0932. The number of nitrogens with zero attached hydrogens (tertiary/aromatic N) is 3. The van der Waals surface area contributed by atoms with E-state index < -0.39 is 22.7 Å². The van der Waals surface area contributed by atoms with Gasteiger partial charge in [0.1, 0.15) is 0 Å². The number of carbonyl (C=O) groups excluding carboxylic acids is 2. The first-order valence-corrected chi connectivity index (χ1v) is 9.89. The number of aromatic nitrogens is 2. The zero-order valence-corrected chi connectivity index (χ0v) is 18.4. The smallest absolute Gasteiger partial charge is 0.339 e. The molecule has 31 heavy (non-hydrogen) atoms. The highest BCUT2D eigenvalue weighted by atomic mass is 35.5. The minimum Gasteiger partial charge on any atom is -0.339 e. The Bertz CT molecular complexity index is 938. The van der Waals surface area contributed by atoms with Crippen LogP contribution in [0.1, 0.15) is 50.9 Å². The summed E-state index contributed by atoms with van der Waals surface area (Å²) in [7, 11) is 1.44. The molecule has 0 saturated carbocycles. The molecule has 1 N–H and O–H groups in total. The molecule has 7 nitrogen and oxygen atoms in total. The van der Waals surface area contributed by atoms with Crippen LogP contribution in [0.4, 0.5) is 18.9 Å². The molecule has 0 atom stereocenters. The third-order valence-corrected chi connectivity index (χ3v) is 4.61. The van der Waals surface area contributed by atoms with Gasteiger partial charge in [0.05, 0.1) is 17.1 Å². The first-order chi connectivity index (χ1) is 14.3. The summed E-state index contributed by atoms with van der Waals surface area (Å²) in [5, 5.41) is 5.79. The van der Waals surface area contributed by atoms with Gasteiger partial charge in [0.2, 0.25) is 17.7 Å². The third kappa shape index (κ3) is 7.23. The number of hydrogen-bond donors (Lipinski definition) is 1. The maximum Gasteiger partial charge on any atom is 0.417 e. The van der Waals surface area contributed by atoms with Crippen LogP contribution < -0.4 is 5.32 Å². The van der Waals surface area contributed by atoms with Crippen LogP contribution in [-0.2, 0) is 27.6 Å². The normalized spacial score (nSPS) is 12.0. The van der Waals surface area contributed by atoms with Gasteiger partial charge >= 0.3 is 6.18 Å². The highest BCUT2D eigenvalue weighted by Crippen LogP contribution is 2.36. The maximum atomic E-state index is 12.9. The fraction of sp³-hybridized carbons (Fsp3) is 0.500. The van der Waals surface area contributed by atoms with Crippen molar-refractivity contribution < 1.29 is 27.3 Å². The van der Waals surface area contributed by atoms with Crippen molar-refractivity contribution in [3.63, 3.8) is 0 Å². The van der Waals surface area contributed by atoms with Crippen LogP contribution in [0, 0.1) is 0 Å². The maximum absolute atomic E-state index is 12.9. The quantitative estimate of drug-likeness (QED) is 0.659. The second-order valence-electron chi connectivity index (χ2n) is 8.11. The summed E-state index contributed by atoms with van der Waals surface area (Å²) in [6.45, 7) is 5.56. The van der Waals surface area contributed by atoms with Gasteiger partial charge in [-0.3, -0.25) is 9.59 Å². The Balaban J connectivity index is 1.83. The molecular weight excluding hydrogens is 437 g/mol. The number of hydrogen-bond acceptors (Lipinski definition) is 5. The summed E-state index contributed by atoms with van der Waals surface area (Å²) < 4.78 is 43.9. The predicted molar refractivity (Wildman–Crippen MR) is 109 cm³/mol. The second kappa shape index (κ2) is 9.67. The molecule has 0 fully saturated rings. The van der Waals surface area contributed by atoms with E-state index in [1.165, 1.54) is 18.0 Å². The van der Waals surface area contributed by atoms with Crippen LogP contribution in [0.3, 0.4) is 0 Å². The first kappa shape index (κ1) is 24.6. The Morgan fingerprint density at radius 1 is 1.23 bits per heavy atom. The van der Waals surface area contributed by atoms with Gasteiger partial charge in [0.25, 0.3) is 0 Å². The highest BCUT2D eigenvalue weighted by Gasteiger charge is 2.33. The van der Waals surface area contributed by atoms with E-state index in [9.17, 15) is 22.8 Å². The minimum absolute atomic E-state index is 0.0615. The van der Waals surface area contributed by atoms with Gasteiger partial charge in [-0.25, -0.2) is 0 Å². The van der Waals surface area contributed by atoms with E-state index in [1.54, 1.807) is 0 Å². The van der Waals surface area contributed by atoms with Gasteiger partial charge in [0.15, 0.2) is 5.82 Å². The van der Waals surface area contributed by atoms with Gasteiger partial charge in [-0.15, -0.1) is 0 Å². The fourth-order valence-corrected chi connectivity index (χ4v) is 2.79. The number of rotatable bonds is 7. The summed E-state index contributed by atoms with van der Waals surface area (Å²) in [4.78, 5) is 29.8. The van der Waals surface area contributed by atoms with Crippen molar-refractivity contribution in [2.24, 2.45) is 0 Å². The SMILES string of the molecule is CN(CC(=O)Nc1ccc(Cl)c(C(F)(F)F)c1)C(=O)CCCc1nc(C(C)(C)C)no1. The predicted octanol–water partition coefficient (Wildman–Crippen LogP) is 4.46. The molecule has 2 amide bonds. The van der Waals surface area contributed by atoms with E-state index in [0.717, 1.165) is 12.1 Å². The Morgan fingerprint density at radius 3 is 2.48 bits per heavy atom. The van der Waals surface area contributed by atoms with Crippen molar-refractivity contribution in [3.8, 4) is 0 Å². The van der Waals surface area contributed by atoms with E-state index in [1.807, 2.05) is 20.8 Å². The van der Waals surface area contributed by atoms with E-state index >= 15 is 0 Å². The van der Waals surface area contributed by atoms with Gasteiger partial charge in [-0.2, -0.15) is 18.2 Å². The number of benzene rings is 1. The van der Waals surface area contributed by atoms with Crippen molar-refractivity contribution >= 4 is 29.1 Å². The van der Waals surface area contributed by atoms with E-state index in [4.69, 9.17) is 16.1 Å². The molecule has 0 aliphatic heterocycles. The number of halogens is 4. The molecule has 170 valence electrons. The minimum atomic E-state index is -4.64. The molecule has 1 aromatic heterocycles. The van der Waals surface area contributed by atoms with E-state index in [0.29, 0.717) is 24.6 Å². The molecule has 0 aliphatic carbocycles. The number of alkyl halides is 3. The Hall–Kier alpha value is -2.62. The molecule has 0 spiro atoms. The number of aryl methyl sites for hydroxylation is 1. The molecule has 1 heterocycles.